The molecule has 78 valence electrons. The van der Waals surface area contributed by atoms with Gasteiger partial charge in [0.1, 0.15) is 0 Å². The van der Waals surface area contributed by atoms with Gasteiger partial charge in [-0.1, -0.05) is 0 Å². The molecule has 1 aliphatic carbocycles. The van der Waals surface area contributed by atoms with Gasteiger partial charge in [-0.2, -0.15) is 5.26 Å². The summed E-state index contributed by atoms with van der Waals surface area (Å²) in [6.45, 7) is 14.9. The lowest BCUT2D eigenvalue weighted by Crippen LogP contribution is -2.27. The van der Waals surface area contributed by atoms with E-state index in [4.69, 9.17) is 18.4 Å². The van der Waals surface area contributed by atoms with Crippen LogP contribution in [0.1, 0.15) is 25.7 Å². The van der Waals surface area contributed by atoms with Crippen molar-refractivity contribution in [2.45, 2.75) is 25.7 Å². The number of hydrogen-bond acceptors (Lipinski definition) is 1. The Morgan fingerprint density at radius 3 is 2.47 bits per heavy atom. The number of rotatable bonds is 3. The molecule has 3 heteroatoms. The summed E-state index contributed by atoms with van der Waals surface area (Å²) >= 11 is 0. The highest BCUT2D eigenvalue weighted by atomic mass is 14.7. The van der Waals surface area contributed by atoms with Gasteiger partial charge in [0.25, 0.3) is 0 Å². The first-order valence-electron chi connectivity index (χ1n) is 5.35. The van der Waals surface area contributed by atoms with E-state index in [2.05, 4.69) is 15.8 Å². The zero-order valence-electron chi connectivity index (χ0n) is 8.82. The zero-order chi connectivity index (χ0) is 11.1. The molecule has 0 saturated heterocycles. The predicted octanol–water partition coefficient (Wildman–Crippen LogP) is 2.77. The summed E-state index contributed by atoms with van der Waals surface area (Å²) in [5, 5.41) is 8.73. The van der Waals surface area contributed by atoms with Gasteiger partial charge < -0.3 is 9.69 Å². The lowest BCUT2D eigenvalue weighted by atomic mass is 9.73. The molecule has 0 heterocycles. The Labute approximate surface area is 91.3 Å². The average Bonchev–Trinajstić information content (AvgIpc) is 2.23. The second-order valence-corrected chi connectivity index (χ2v) is 4.24. The number of nitrogens with zero attached hydrogens (tertiary/aromatic N) is 3. The first-order chi connectivity index (χ1) is 7.31. The predicted molar refractivity (Wildman–Crippen MR) is 57.5 cm³/mol. The van der Waals surface area contributed by atoms with Crippen molar-refractivity contribution in [2.75, 3.05) is 13.1 Å². The second kappa shape index (κ2) is 6.05. The molecule has 0 bridgehead atoms. The normalized spacial score (nSPS) is 29.8. The highest BCUT2D eigenvalue weighted by Gasteiger charge is 2.33. The molecule has 0 amide bonds. The van der Waals surface area contributed by atoms with E-state index in [0.29, 0.717) is 37.3 Å². The van der Waals surface area contributed by atoms with Crippen molar-refractivity contribution in [2.24, 2.45) is 17.8 Å². The minimum Gasteiger partial charge on any atom is -0.317 e. The van der Waals surface area contributed by atoms with E-state index in [9.17, 15) is 0 Å². The third-order valence-electron chi connectivity index (χ3n) is 3.28. The van der Waals surface area contributed by atoms with Crippen molar-refractivity contribution in [1.29, 1.82) is 5.26 Å². The molecule has 0 radical (unpaired) electrons. The first-order valence-corrected chi connectivity index (χ1v) is 5.35. The smallest absolute Gasteiger partial charge is 0.217 e. The van der Waals surface area contributed by atoms with Crippen LogP contribution >= 0.6 is 0 Å². The van der Waals surface area contributed by atoms with Gasteiger partial charge in [-0.05, 0) is 25.2 Å². The van der Waals surface area contributed by atoms with E-state index >= 15 is 0 Å². The molecule has 3 nitrogen and oxygen atoms in total. The van der Waals surface area contributed by atoms with Crippen molar-refractivity contribution >= 4 is 0 Å². The Balaban J connectivity index is 2.54. The molecule has 3 unspecified atom stereocenters. The van der Waals surface area contributed by atoms with E-state index in [-0.39, 0.29) is 0 Å². The molecule has 1 aliphatic rings. The van der Waals surface area contributed by atoms with Gasteiger partial charge in [0.2, 0.25) is 13.1 Å². The third-order valence-corrected chi connectivity index (χ3v) is 3.28. The quantitative estimate of drug-likeness (QED) is 0.646. The molecular weight excluding hydrogens is 186 g/mol. The van der Waals surface area contributed by atoms with Crippen LogP contribution in [0.5, 0.6) is 0 Å². The number of nitriles is 1. The molecule has 0 aromatic carbocycles. The maximum atomic E-state index is 8.73. The average molecular weight is 201 g/mol. The van der Waals surface area contributed by atoms with Crippen LogP contribution in [-0.2, 0) is 0 Å². The fraction of sp³-hybridized carbons (Fsp3) is 0.750. The van der Waals surface area contributed by atoms with Crippen molar-refractivity contribution in [3.63, 3.8) is 0 Å². The van der Waals surface area contributed by atoms with Crippen LogP contribution in [0.15, 0.2) is 0 Å². The highest BCUT2D eigenvalue weighted by Crippen LogP contribution is 2.36. The lowest BCUT2D eigenvalue weighted by molar-refractivity contribution is 0.202. The van der Waals surface area contributed by atoms with Crippen molar-refractivity contribution < 1.29 is 0 Å². The van der Waals surface area contributed by atoms with Gasteiger partial charge in [-0.25, -0.2) is 13.1 Å². The molecule has 1 fully saturated rings. The second-order valence-electron chi connectivity index (χ2n) is 4.24. The van der Waals surface area contributed by atoms with E-state index in [1.807, 2.05) is 0 Å². The van der Waals surface area contributed by atoms with E-state index in [0.717, 1.165) is 19.3 Å². The topological polar surface area (TPSA) is 32.5 Å². The molecule has 3 atom stereocenters. The van der Waals surface area contributed by atoms with Gasteiger partial charge >= 0.3 is 0 Å². The first kappa shape index (κ1) is 11.5. The minimum atomic E-state index is 0.351. The molecule has 0 aromatic rings. The van der Waals surface area contributed by atoms with E-state index < -0.39 is 0 Å². The summed E-state index contributed by atoms with van der Waals surface area (Å²) in [4.78, 5) is 6.87. The summed E-state index contributed by atoms with van der Waals surface area (Å²) < 4.78 is 0. The third kappa shape index (κ3) is 3.26. The van der Waals surface area contributed by atoms with E-state index in [1.54, 1.807) is 0 Å². The van der Waals surface area contributed by atoms with Crippen LogP contribution in [0.4, 0.5) is 0 Å². The fourth-order valence-electron chi connectivity index (χ4n) is 2.44. The SMILES string of the molecule is [C-]#[N+]CC1CCC(C[N+]#[C-])C(CC#N)C1. The maximum absolute atomic E-state index is 8.73. The molecule has 0 spiro atoms. The van der Waals surface area contributed by atoms with Gasteiger partial charge in [0.05, 0.1) is 6.07 Å². The van der Waals surface area contributed by atoms with Crippen molar-refractivity contribution in [3.8, 4) is 6.07 Å². The van der Waals surface area contributed by atoms with Gasteiger partial charge in [0, 0.05) is 18.3 Å². The van der Waals surface area contributed by atoms with Crippen molar-refractivity contribution in [3.05, 3.63) is 22.8 Å². The molecule has 0 N–H and O–H groups in total. The van der Waals surface area contributed by atoms with Crippen LogP contribution in [0.2, 0.25) is 0 Å². The zero-order valence-corrected chi connectivity index (χ0v) is 8.82. The molecule has 1 rings (SSSR count). The highest BCUT2D eigenvalue weighted by molar-refractivity contribution is 4.90. The standard InChI is InChI=1S/C12H15N3/c1-14-8-10-3-4-12(9-15-2)11(7-10)5-6-13/h10-12H,3-5,7-9H2. The minimum absolute atomic E-state index is 0.351. The van der Waals surface area contributed by atoms with Crippen LogP contribution in [0, 0.1) is 42.2 Å². The van der Waals surface area contributed by atoms with E-state index in [1.165, 1.54) is 0 Å². The Morgan fingerprint density at radius 2 is 1.87 bits per heavy atom. The van der Waals surface area contributed by atoms with Gasteiger partial charge in [-0.3, -0.25) is 0 Å². The lowest BCUT2D eigenvalue weighted by Gasteiger charge is -2.30. The molecule has 0 aromatic heterocycles. The summed E-state index contributed by atoms with van der Waals surface area (Å²) in [7, 11) is 0. The summed E-state index contributed by atoms with van der Waals surface area (Å²) in [6.07, 6.45) is 3.60. The van der Waals surface area contributed by atoms with Gasteiger partial charge in [0.15, 0.2) is 0 Å². The molecular formula is C12H15N3. The van der Waals surface area contributed by atoms with Crippen molar-refractivity contribution in [1.82, 2.24) is 0 Å². The van der Waals surface area contributed by atoms with Crippen LogP contribution in [0.25, 0.3) is 9.69 Å². The molecule has 15 heavy (non-hydrogen) atoms. The summed E-state index contributed by atoms with van der Waals surface area (Å²) in [6, 6.07) is 2.21. The fourth-order valence-corrected chi connectivity index (χ4v) is 2.44. The Bertz CT molecular complexity index is 315. The summed E-state index contributed by atoms with van der Waals surface area (Å²) in [5.74, 6) is 1.21. The maximum Gasteiger partial charge on any atom is 0.217 e. The number of hydrogen-bond donors (Lipinski definition) is 0. The Morgan fingerprint density at radius 1 is 1.13 bits per heavy atom. The van der Waals surface area contributed by atoms with Crippen LogP contribution < -0.4 is 0 Å². The molecule has 1 saturated carbocycles. The van der Waals surface area contributed by atoms with Crippen LogP contribution in [0.3, 0.4) is 0 Å². The summed E-state index contributed by atoms with van der Waals surface area (Å²) in [5.41, 5.74) is 0. The Hall–Kier alpha value is -1.53. The largest absolute Gasteiger partial charge is 0.317 e. The van der Waals surface area contributed by atoms with Gasteiger partial charge in [-0.15, -0.1) is 0 Å². The Kier molecular flexibility index (Phi) is 4.65. The molecule has 0 aliphatic heterocycles. The van der Waals surface area contributed by atoms with Crippen LogP contribution in [-0.4, -0.2) is 13.1 Å². The monoisotopic (exact) mass is 201 g/mol.